The molecule has 3 aromatic heterocycles. The number of aryl methyl sites for hydroxylation is 1. The molecule has 3 aromatic rings. The van der Waals surface area contributed by atoms with E-state index in [2.05, 4.69) is 15.3 Å². The first-order valence-corrected chi connectivity index (χ1v) is 8.02. The number of nitrogens with one attached hydrogen (secondary N) is 2. The first-order chi connectivity index (χ1) is 12.0. The van der Waals surface area contributed by atoms with Crippen LogP contribution in [0.3, 0.4) is 0 Å². The predicted octanol–water partition coefficient (Wildman–Crippen LogP) is 2.50. The second-order valence-electron chi connectivity index (χ2n) is 6.18. The molecule has 0 aromatic carbocycles. The van der Waals surface area contributed by atoms with Crippen LogP contribution in [0.15, 0.2) is 52.1 Å². The second-order valence-corrected chi connectivity index (χ2v) is 6.18. The summed E-state index contributed by atoms with van der Waals surface area (Å²) in [7, 11) is 1.87. The van der Waals surface area contributed by atoms with Crippen molar-refractivity contribution in [2.24, 2.45) is 13.0 Å². The fourth-order valence-corrected chi connectivity index (χ4v) is 2.65. The number of amides is 1. The smallest absolute Gasteiger partial charge is 0.261 e. The average molecular weight is 340 g/mol. The number of carbonyl (C=O) groups excluding carboxylic acids is 1. The van der Waals surface area contributed by atoms with Gasteiger partial charge in [-0.25, -0.2) is 4.98 Å². The quantitative estimate of drug-likeness (QED) is 0.746. The molecule has 0 fully saturated rings. The molecule has 1 amide bonds. The highest BCUT2D eigenvalue weighted by molar-refractivity contribution is 5.94. The van der Waals surface area contributed by atoms with Crippen molar-refractivity contribution in [1.29, 1.82) is 0 Å². The van der Waals surface area contributed by atoms with E-state index < -0.39 is 11.5 Å². The van der Waals surface area contributed by atoms with Gasteiger partial charge in [-0.2, -0.15) is 0 Å². The van der Waals surface area contributed by atoms with Crippen LogP contribution in [0.25, 0.3) is 11.5 Å². The number of furan rings is 1. The Morgan fingerprint density at radius 3 is 2.68 bits per heavy atom. The lowest BCUT2D eigenvalue weighted by molar-refractivity contribution is 0.0921. The maximum Gasteiger partial charge on any atom is 0.261 e. The van der Waals surface area contributed by atoms with Crippen LogP contribution >= 0.6 is 0 Å². The molecule has 7 heteroatoms. The monoisotopic (exact) mass is 340 g/mol. The number of hydrogen-bond donors (Lipinski definition) is 2. The summed E-state index contributed by atoms with van der Waals surface area (Å²) < 4.78 is 7.11. The first-order valence-electron chi connectivity index (χ1n) is 8.02. The number of imidazole rings is 1. The molecule has 0 bridgehead atoms. The standard InChI is InChI=1S/C18H20N4O3/c1-11(2)15(16-19-8-9-22(16)3)21-18(24)12-6-7-13(20-17(12)23)14-5-4-10-25-14/h4-11,15H,1-3H3,(H,20,23)(H,21,24)/t15-/m1/s1. The maximum atomic E-state index is 12.6. The molecular weight excluding hydrogens is 320 g/mol. The summed E-state index contributed by atoms with van der Waals surface area (Å²) in [6.07, 6.45) is 5.03. The second kappa shape index (κ2) is 6.80. The minimum Gasteiger partial charge on any atom is -0.463 e. The summed E-state index contributed by atoms with van der Waals surface area (Å²) in [5.74, 6) is 0.963. The van der Waals surface area contributed by atoms with Gasteiger partial charge in [0.1, 0.15) is 17.1 Å². The van der Waals surface area contributed by atoms with Gasteiger partial charge in [0.15, 0.2) is 0 Å². The molecule has 0 aliphatic carbocycles. The summed E-state index contributed by atoms with van der Waals surface area (Å²) in [5.41, 5.74) is 0.111. The Labute approximate surface area is 144 Å². The normalized spacial score (nSPS) is 12.3. The van der Waals surface area contributed by atoms with Gasteiger partial charge in [-0.1, -0.05) is 13.8 Å². The number of hydrogen-bond acceptors (Lipinski definition) is 4. The maximum absolute atomic E-state index is 12.6. The molecule has 0 radical (unpaired) electrons. The van der Waals surface area contributed by atoms with Crippen molar-refractivity contribution in [3.63, 3.8) is 0 Å². The number of aromatic amines is 1. The summed E-state index contributed by atoms with van der Waals surface area (Å²) in [4.78, 5) is 31.9. The van der Waals surface area contributed by atoms with Crippen molar-refractivity contribution in [1.82, 2.24) is 19.9 Å². The molecule has 130 valence electrons. The topological polar surface area (TPSA) is 92.9 Å². The van der Waals surface area contributed by atoms with Crippen LogP contribution in [-0.4, -0.2) is 20.4 Å². The largest absolute Gasteiger partial charge is 0.463 e. The molecule has 0 saturated carbocycles. The molecule has 3 heterocycles. The molecule has 0 spiro atoms. The Kier molecular flexibility index (Phi) is 4.56. The number of nitrogens with zero attached hydrogens (tertiary/aromatic N) is 2. The van der Waals surface area contributed by atoms with Crippen molar-refractivity contribution in [3.8, 4) is 11.5 Å². The van der Waals surface area contributed by atoms with E-state index in [1.807, 2.05) is 31.7 Å². The van der Waals surface area contributed by atoms with Crippen LogP contribution in [0.5, 0.6) is 0 Å². The van der Waals surface area contributed by atoms with Crippen LogP contribution in [0, 0.1) is 5.92 Å². The van der Waals surface area contributed by atoms with Gasteiger partial charge in [0.2, 0.25) is 0 Å². The van der Waals surface area contributed by atoms with Crippen LogP contribution in [-0.2, 0) is 7.05 Å². The van der Waals surface area contributed by atoms with Crippen molar-refractivity contribution in [2.45, 2.75) is 19.9 Å². The van der Waals surface area contributed by atoms with E-state index >= 15 is 0 Å². The van der Waals surface area contributed by atoms with Crippen LogP contribution in [0.4, 0.5) is 0 Å². The summed E-state index contributed by atoms with van der Waals surface area (Å²) in [5, 5.41) is 2.91. The van der Waals surface area contributed by atoms with Gasteiger partial charge in [0.25, 0.3) is 11.5 Å². The van der Waals surface area contributed by atoms with Gasteiger partial charge in [-0.3, -0.25) is 9.59 Å². The third kappa shape index (κ3) is 3.40. The number of rotatable bonds is 5. The fourth-order valence-electron chi connectivity index (χ4n) is 2.65. The Balaban J connectivity index is 1.85. The van der Waals surface area contributed by atoms with E-state index in [9.17, 15) is 9.59 Å². The zero-order chi connectivity index (χ0) is 18.0. The highest BCUT2D eigenvalue weighted by Crippen LogP contribution is 2.20. The number of carbonyl (C=O) groups is 1. The predicted molar refractivity (Wildman–Crippen MR) is 93.0 cm³/mol. The van der Waals surface area contributed by atoms with E-state index in [0.717, 1.165) is 5.82 Å². The molecule has 0 saturated heterocycles. The van der Waals surface area contributed by atoms with Crippen molar-refractivity contribution in [2.75, 3.05) is 0 Å². The number of H-pyrrole nitrogens is 1. The van der Waals surface area contributed by atoms with Crippen molar-refractivity contribution in [3.05, 3.63) is 64.7 Å². The Morgan fingerprint density at radius 1 is 1.32 bits per heavy atom. The lowest BCUT2D eigenvalue weighted by Crippen LogP contribution is -2.36. The third-order valence-electron chi connectivity index (χ3n) is 4.03. The molecule has 25 heavy (non-hydrogen) atoms. The highest BCUT2D eigenvalue weighted by atomic mass is 16.3. The van der Waals surface area contributed by atoms with Gasteiger partial charge in [0, 0.05) is 19.4 Å². The number of pyridine rings is 1. The van der Waals surface area contributed by atoms with Gasteiger partial charge < -0.3 is 19.3 Å². The molecule has 1 atom stereocenters. The van der Waals surface area contributed by atoms with Gasteiger partial charge in [0.05, 0.1) is 18.0 Å². The molecule has 2 N–H and O–H groups in total. The molecule has 0 aliphatic heterocycles. The third-order valence-corrected chi connectivity index (χ3v) is 4.03. The minimum absolute atomic E-state index is 0.0511. The van der Waals surface area contributed by atoms with Crippen molar-refractivity contribution < 1.29 is 9.21 Å². The summed E-state index contributed by atoms with van der Waals surface area (Å²) in [6, 6.07) is 6.33. The summed E-state index contributed by atoms with van der Waals surface area (Å²) >= 11 is 0. The van der Waals surface area contributed by atoms with Crippen LogP contribution < -0.4 is 10.9 Å². The molecule has 7 nitrogen and oxygen atoms in total. The van der Waals surface area contributed by atoms with Crippen LogP contribution in [0.1, 0.15) is 36.1 Å². The lowest BCUT2D eigenvalue weighted by atomic mass is 10.0. The summed E-state index contributed by atoms with van der Waals surface area (Å²) in [6.45, 7) is 3.98. The zero-order valence-corrected chi connectivity index (χ0v) is 14.3. The Hall–Kier alpha value is -3.09. The van der Waals surface area contributed by atoms with E-state index in [1.165, 1.54) is 12.3 Å². The molecule has 0 unspecified atom stereocenters. The Morgan fingerprint density at radius 2 is 2.12 bits per heavy atom. The van der Waals surface area contributed by atoms with Gasteiger partial charge >= 0.3 is 0 Å². The van der Waals surface area contributed by atoms with Gasteiger partial charge in [-0.05, 0) is 30.2 Å². The molecular formula is C18H20N4O3. The molecule has 3 rings (SSSR count). The van der Waals surface area contributed by atoms with E-state index in [-0.39, 0.29) is 17.5 Å². The lowest BCUT2D eigenvalue weighted by Gasteiger charge is -2.22. The van der Waals surface area contributed by atoms with E-state index in [4.69, 9.17) is 4.42 Å². The minimum atomic E-state index is -0.464. The van der Waals surface area contributed by atoms with E-state index in [1.54, 1.807) is 24.4 Å². The molecule has 0 aliphatic rings. The highest BCUT2D eigenvalue weighted by Gasteiger charge is 2.23. The van der Waals surface area contributed by atoms with E-state index in [0.29, 0.717) is 11.5 Å². The Bertz CT molecular complexity index is 922. The zero-order valence-electron chi connectivity index (χ0n) is 14.3. The van der Waals surface area contributed by atoms with Crippen molar-refractivity contribution >= 4 is 5.91 Å². The SMILES string of the molecule is CC(C)[C@@H](NC(=O)c1ccc(-c2ccco2)[nH]c1=O)c1nccn1C. The van der Waals surface area contributed by atoms with Gasteiger partial charge in [-0.15, -0.1) is 0 Å². The number of aromatic nitrogens is 3. The fraction of sp³-hybridized carbons (Fsp3) is 0.278. The average Bonchev–Trinajstić information content (AvgIpc) is 3.23. The first kappa shape index (κ1) is 16.8. The van der Waals surface area contributed by atoms with Crippen LogP contribution in [0.2, 0.25) is 0 Å².